The molecule has 1 atom stereocenters. The van der Waals surface area contributed by atoms with Crippen LogP contribution < -0.4 is 0 Å². The topological polar surface area (TPSA) is 26.0 Å². The molecule has 1 rings (SSSR count). The third kappa shape index (κ3) is 1.55. The van der Waals surface area contributed by atoms with Gasteiger partial charge in [-0.1, -0.05) is 22.9 Å². The molecule has 1 unspecified atom stereocenters. The number of hydrogen-bond donors (Lipinski definition) is 0. The monoisotopic (exact) mass is 189 g/mol. The van der Waals surface area contributed by atoms with Crippen molar-refractivity contribution < 1.29 is 4.42 Å². The molecule has 1 aromatic rings. The second-order valence-corrected chi connectivity index (χ2v) is 2.61. The Kier molecular flexibility index (Phi) is 2.28. The summed E-state index contributed by atoms with van der Waals surface area (Å²) in [5.74, 6) is 1.36. The van der Waals surface area contributed by atoms with Gasteiger partial charge in [-0.15, -0.1) is 0 Å². The first-order valence-corrected chi connectivity index (χ1v) is 3.91. The third-order valence-corrected chi connectivity index (χ3v) is 2.14. The van der Waals surface area contributed by atoms with E-state index < -0.39 is 0 Å². The molecule has 0 spiro atoms. The molecule has 2 nitrogen and oxygen atoms in total. The number of aromatic nitrogens is 1. The molecule has 1 heterocycles. The summed E-state index contributed by atoms with van der Waals surface area (Å²) >= 11 is 3.35. The van der Waals surface area contributed by atoms with E-state index in [0.29, 0.717) is 5.92 Å². The predicted molar refractivity (Wildman–Crippen MR) is 38.7 cm³/mol. The SMILES string of the molecule is CC(CBr)c1cnco1. The van der Waals surface area contributed by atoms with Gasteiger partial charge in [-0.25, -0.2) is 4.98 Å². The summed E-state index contributed by atoms with van der Waals surface area (Å²) in [6, 6.07) is 0. The van der Waals surface area contributed by atoms with E-state index >= 15 is 0 Å². The van der Waals surface area contributed by atoms with E-state index in [4.69, 9.17) is 4.42 Å². The second-order valence-electron chi connectivity index (χ2n) is 1.96. The zero-order valence-corrected chi connectivity index (χ0v) is 6.76. The quantitative estimate of drug-likeness (QED) is 0.668. The molecular formula is C6H8BrNO. The van der Waals surface area contributed by atoms with Gasteiger partial charge in [0.2, 0.25) is 0 Å². The van der Waals surface area contributed by atoms with Crippen LogP contribution in [-0.2, 0) is 0 Å². The van der Waals surface area contributed by atoms with Crippen molar-refractivity contribution in [3.8, 4) is 0 Å². The molecule has 0 fully saturated rings. The van der Waals surface area contributed by atoms with Gasteiger partial charge in [0.15, 0.2) is 6.39 Å². The van der Waals surface area contributed by atoms with Crippen molar-refractivity contribution in [1.29, 1.82) is 0 Å². The van der Waals surface area contributed by atoms with Crippen LogP contribution >= 0.6 is 15.9 Å². The summed E-state index contributed by atoms with van der Waals surface area (Å²) in [7, 11) is 0. The fraction of sp³-hybridized carbons (Fsp3) is 0.500. The molecule has 9 heavy (non-hydrogen) atoms. The van der Waals surface area contributed by atoms with Gasteiger partial charge in [0, 0.05) is 11.2 Å². The lowest BCUT2D eigenvalue weighted by Crippen LogP contribution is -1.90. The van der Waals surface area contributed by atoms with Gasteiger partial charge in [0.05, 0.1) is 6.20 Å². The molecule has 0 amide bonds. The Morgan fingerprint density at radius 3 is 3.11 bits per heavy atom. The molecular weight excluding hydrogens is 182 g/mol. The molecule has 0 radical (unpaired) electrons. The Morgan fingerprint density at radius 2 is 2.67 bits per heavy atom. The van der Waals surface area contributed by atoms with Crippen LogP contribution in [0.3, 0.4) is 0 Å². The van der Waals surface area contributed by atoms with Crippen molar-refractivity contribution in [3.63, 3.8) is 0 Å². The highest BCUT2D eigenvalue weighted by atomic mass is 79.9. The highest BCUT2D eigenvalue weighted by Crippen LogP contribution is 2.15. The molecule has 0 aromatic carbocycles. The third-order valence-electron chi connectivity index (χ3n) is 1.17. The Labute approximate surface area is 62.4 Å². The van der Waals surface area contributed by atoms with Crippen LogP contribution in [-0.4, -0.2) is 10.3 Å². The van der Waals surface area contributed by atoms with Crippen LogP contribution in [0.15, 0.2) is 17.0 Å². The van der Waals surface area contributed by atoms with Gasteiger partial charge in [0.1, 0.15) is 5.76 Å². The first kappa shape index (κ1) is 6.81. The molecule has 50 valence electrons. The molecule has 0 aliphatic carbocycles. The van der Waals surface area contributed by atoms with Crippen molar-refractivity contribution in [1.82, 2.24) is 4.98 Å². The van der Waals surface area contributed by atoms with Crippen LogP contribution in [0.1, 0.15) is 18.6 Å². The smallest absolute Gasteiger partial charge is 0.180 e. The molecule has 0 aliphatic heterocycles. The Bertz CT molecular complexity index is 162. The minimum atomic E-state index is 0.424. The highest BCUT2D eigenvalue weighted by molar-refractivity contribution is 9.09. The lowest BCUT2D eigenvalue weighted by atomic mass is 10.2. The van der Waals surface area contributed by atoms with Crippen LogP contribution in [0.4, 0.5) is 0 Å². The van der Waals surface area contributed by atoms with E-state index in [0.717, 1.165) is 11.1 Å². The normalized spacial score (nSPS) is 13.6. The van der Waals surface area contributed by atoms with Crippen molar-refractivity contribution in [2.24, 2.45) is 0 Å². The highest BCUT2D eigenvalue weighted by Gasteiger charge is 2.05. The van der Waals surface area contributed by atoms with Gasteiger partial charge in [-0.3, -0.25) is 0 Å². The van der Waals surface area contributed by atoms with E-state index in [1.807, 2.05) is 0 Å². The lowest BCUT2D eigenvalue weighted by molar-refractivity contribution is 0.485. The molecule has 0 saturated carbocycles. The number of hydrogen-bond acceptors (Lipinski definition) is 2. The molecule has 0 aliphatic rings. The van der Waals surface area contributed by atoms with Crippen LogP contribution in [0.25, 0.3) is 0 Å². The fourth-order valence-electron chi connectivity index (χ4n) is 0.545. The maximum Gasteiger partial charge on any atom is 0.180 e. The predicted octanol–water partition coefficient (Wildman–Crippen LogP) is 2.17. The summed E-state index contributed by atoms with van der Waals surface area (Å²) in [6.45, 7) is 2.08. The molecule has 0 bridgehead atoms. The first-order valence-electron chi connectivity index (χ1n) is 2.79. The summed E-state index contributed by atoms with van der Waals surface area (Å²) in [6.07, 6.45) is 3.19. The van der Waals surface area contributed by atoms with E-state index in [1.165, 1.54) is 6.39 Å². The van der Waals surface area contributed by atoms with Crippen molar-refractivity contribution in [2.75, 3.05) is 5.33 Å². The van der Waals surface area contributed by atoms with E-state index in [-0.39, 0.29) is 0 Å². The van der Waals surface area contributed by atoms with Crippen LogP contribution in [0, 0.1) is 0 Å². The van der Waals surface area contributed by atoms with Crippen molar-refractivity contribution >= 4 is 15.9 Å². The number of rotatable bonds is 2. The Balaban J connectivity index is 2.65. The van der Waals surface area contributed by atoms with Gasteiger partial charge < -0.3 is 4.42 Å². The Morgan fingerprint density at radius 1 is 1.89 bits per heavy atom. The second kappa shape index (κ2) is 3.01. The van der Waals surface area contributed by atoms with Crippen molar-refractivity contribution in [2.45, 2.75) is 12.8 Å². The largest absolute Gasteiger partial charge is 0.448 e. The summed E-state index contributed by atoms with van der Waals surface area (Å²) < 4.78 is 5.05. The Hall–Kier alpha value is -0.310. The minimum absolute atomic E-state index is 0.424. The lowest BCUT2D eigenvalue weighted by Gasteiger charge is -1.98. The van der Waals surface area contributed by atoms with E-state index in [1.54, 1.807) is 6.20 Å². The van der Waals surface area contributed by atoms with Crippen LogP contribution in [0.5, 0.6) is 0 Å². The van der Waals surface area contributed by atoms with E-state index in [2.05, 4.69) is 27.8 Å². The van der Waals surface area contributed by atoms with Gasteiger partial charge in [-0.05, 0) is 0 Å². The number of oxazole rings is 1. The molecule has 3 heteroatoms. The summed E-state index contributed by atoms with van der Waals surface area (Å²) in [4.78, 5) is 3.80. The van der Waals surface area contributed by atoms with Crippen molar-refractivity contribution in [3.05, 3.63) is 18.4 Å². The average molecular weight is 190 g/mol. The maximum absolute atomic E-state index is 5.05. The molecule has 0 saturated heterocycles. The van der Waals surface area contributed by atoms with Gasteiger partial charge >= 0.3 is 0 Å². The summed E-state index contributed by atoms with van der Waals surface area (Å²) in [5.41, 5.74) is 0. The average Bonchev–Trinajstić information content (AvgIpc) is 2.37. The van der Waals surface area contributed by atoms with Gasteiger partial charge in [0.25, 0.3) is 0 Å². The zero-order valence-electron chi connectivity index (χ0n) is 5.17. The number of halogens is 1. The number of alkyl halides is 1. The molecule has 1 aromatic heterocycles. The maximum atomic E-state index is 5.05. The summed E-state index contributed by atoms with van der Waals surface area (Å²) in [5, 5.41) is 0.919. The minimum Gasteiger partial charge on any atom is -0.448 e. The molecule has 0 N–H and O–H groups in total. The zero-order chi connectivity index (χ0) is 6.69. The van der Waals surface area contributed by atoms with Crippen LogP contribution in [0.2, 0.25) is 0 Å². The number of nitrogens with zero attached hydrogens (tertiary/aromatic N) is 1. The first-order chi connectivity index (χ1) is 4.34. The standard InChI is InChI=1S/C6H8BrNO/c1-5(2-7)6-3-8-4-9-6/h3-5H,2H2,1H3. The van der Waals surface area contributed by atoms with E-state index in [9.17, 15) is 0 Å². The van der Waals surface area contributed by atoms with Gasteiger partial charge in [-0.2, -0.15) is 0 Å². The fourth-order valence-corrected chi connectivity index (χ4v) is 0.864.